The van der Waals surface area contributed by atoms with Crippen LogP contribution < -0.4 is 11.1 Å². The Labute approximate surface area is 287 Å². The Morgan fingerprint density at radius 1 is 1.02 bits per heavy atom. The smallest absolute Gasteiger partial charge is 0.384 e. The molecule has 51 heavy (non-hydrogen) atoms. The van der Waals surface area contributed by atoms with E-state index in [1.807, 2.05) is 0 Å². The maximum absolute atomic E-state index is 15.5. The first-order valence-electron chi connectivity index (χ1n) is 15.9. The maximum Gasteiger partial charge on any atom is 0.435 e. The Hall–Kier alpha value is -5.05. The molecule has 0 unspecified atom stereocenters. The number of anilines is 1. The molecule has 0 spiro atoms. The molecule has 3 heterocycles. The molecule has 0 bridgehead atoms. The van der Waals surface area contributed by atoms with E-state index in [1.54, 1.807) is 36.4 Å². The SMILES string of the molecule is C[C@@H]1c2c(C(F)(F)F)nn(CC(=O)N[C@@H](Cc3cc(F)cc(F)c3)c3nc(C(C)(C)O)ccc3-c3cccc4c(N)nccc34)c2C(F)(F)[C@@H]1C. The highest BCUT2D eigenvalue weighted by molar-refractivity contribution is 6.01. The van der Waals surface area contributed by atoms with E-state index in [4.69, 9.17) is 10.7 Å². The van der Waals surface area contributed by atoms with Crippen molar-refractivity contribution in [3.8, 4) is 11.1 Å². The number of aliphatic hydroxyl groups is 1. The van der Waals surface area contributed by atoms with Gasteiger partial charge in [0, 0.05) is 34.7 Å². The van der Waals surface area contributed by atoms with Gasteiger partial charge in [0.05, 0.1) is 17.4 Å². The van der Waals surface area contributed by atoms with Crippen molar-refractivity contribution in [1.29, 1.82) is 0 Å². The lowest BCUT2D eigenvalue weighted by molar-refractivity contribution is -0.143. The topological polar surface area (TPSA) is 119 Å². The summed E-state index contributed by atoms with van der Waals surface area (Å²) in [6.07, 6.45) is -3.89. The molecule has 0 fully saturated rings. The lowest BCUT2D eigenvalue weighted by atomic mass is 9.91. The Bertz CT molecular complexity index is 2140. The second-order valence-corrected chi connectivity index (χ2v) is 13.4. The highest BCUT2D eigenvalue weighted by atomic mass is 19.4. The van der Waals surface area contributed by atoms with Crippen LogP contribution in [0.15, 0.2) is 60.8 Å². The van der Waals surface area contributed by atoms with Crippen LogP contribution in [-0.4, -0.2) is 30.8 Å². The van der Waals surface area contributed by atoms with Crippen LogP contribution in [-0.2, 0) is 35.5 Å². The highest BCUT2D eigenvalue weighted by Gasteiger charge is 2.57. The predicted octanol–water partition coefficient (Wildman–Crippen LogP) is 7.55. The van der Waals surface area contributed by atoms with Gasteiger partial charge in [-0.25, -0.2) is 13.8 Å². The van der Waals surface area contributed by atoms with Crippen molar-refractivity contribution in [3.05, 3.63) is 106 Å². The molecule has 0 saturated carbocycles. The summed E-state index contributed by atoms with van der Waals surface area (Å²) in [5.74, 6) is -9.08. The molecule has 1 aliphatic rings. The number of rotatable bonds is 8. The van der Waals surface area contributed by atoms with Crippen molar-refractivity contribution < 1.29 is 40.6 Å². The standard InChI is InChI=1S/C36H33F7N6O2/c1-17-18(2)35(39,40)32-29(17)31(36(41,42)43)48-49(32)16-28(50)46-26(14-19-12-20(37)15-21(38)13-19)30-24(8-9-27(47-30)34(3,4)51)22-6-5-7-25-23(22)10-11-45-33(25)44/h5-13,15,17-18,26,51H,14,16H2,1-4H3,(H2,44,45)(H,46,50)/t17-,18+,26-/m0/s1. The molecule has 0 radical (unpaired) electrons. The number of carbonyl (C=O) groups is 1. The number of nitrogens with two attached hydrogens (primary N) is 1. The van der Waals surface area contributed by atoms with Gasteiger partial charge in [0.1, 0.15) is 35.3 Å². The van der Waals surface area contributed by atoms with Gasteiger partial charge in [-0.2, -0.15) is 27.1 Å². The molecular weight excluding hydrogens is 681 g/mol. The normalized spacial score (nSPS) is 17.8. The van der Waals surface area contributed by atoms with Crippen LogP contribution in [0.1, 0.15) is 73.6 Å². The summed E-state index contributed by atoms with van der Waals surface area (Å²) in [5.41, 5.74) is 2.72. The number of nitrogen functional groups attached to an aromatic ring is 1. The minimum atomic E-state index is -5.07. The van der Waals surface area contributed by atoms with Gasteiger partial charge in [-0.1, -0.05) is 38.1 Å². The van der Waals surface area contributed by atoms with Gasteiger partial charge in [0.2, 0.25) is 5.91 Å². The van der Waals surface area contributed by atoms with Crippen molar-refractivity contribution in [2.75, 3.05) is 5.73 Å². The molecule has 2 aromatic carbocycles. The van der Waals surface area contributed by atoms with Crippen molar-refractivity contribution in [2.24, 2.45) is 5.92 Å². The Morgan fingerprint density at radius 2 is 1.71 bits per heavy atom. The van der Waals surface area contributed by atoms with E-state index in [0.717, 1.165) is 19.1 Å². The summed E-state index contributed by atoms with van der Waals surface area (Å²) >= 11 is 0. The monoisotopic (exact) mass is 714 g/mol. The summed E-state index contributed by atoms with van der Waals surface area (Å²) in [6.45, 7) is 4.27. The zero-order valence-corrected chi connectivity index (χ0v) is 27.8. The van der Waals surface area contributed by atoms with Crippen molar-refractivity contribution in [2.45, 2.75) is 70.3 Å². The number of pyridine rings is 2. The van der Waals surface area contributed by atoms with Gasteiger partial charge < -0.3 is 16.2 Å². The number of fused-ring (bicyclic) bond motifs is 2. The fourth-order valence-corrected chi connectivity index (χ4v) is 6.69. The van der Waals surface area contributed by atoms with Crippen LogP contribution in [0.3, 0.4) is 0 Å². The van der Waals surface area contributed by atoms with Crippen LogP contribution in [0, 0.1) is 17.6 Å². The van der Waals surface area contributed by atoms with Gasteiger partial charge in [0.15, 0.2) is 5.69 Å². The van der Waals surface area contributed by atoms with Crippen molar-refractivity contribution in [1.82, 2.24) is 25.1 Å². The largest absolute Gasteiger partial charge is 0.435 e. The average Bonchev–Trinajstić information content (AvgIpc) is 3.50. The van der Waals surface area contributed by atoms with Crippen molar-refractivity contribution in [3.63, 3.8) is 0 Å². The van der Waals surface area contributed by atoms with E-state index in [-0.39, 0.29) is 29.2 Å². The number of amides is 1. The summed E-state index contributed by atoms with van der Waals surface area (Å²) in [5, 5.41) is 18.2. The molecule has 0 aliphatic heterocycles. The fraction of sp³-hybridized carbons (Fsp3) is 0.333. The molecule has 8 nitrogen and oxygen atoms in total. The third kappa shape index (κ3) is 6.62. The summed E-state index contributed by atoms with van der Waals surface area (Å²) in [6, 6.07) is 11.5. The summed E-state index contributed by atoms with van der Waals surface area (Å²) in [4.78, 5) is 22.6. The zero-order valence-electron chi connectivity index (χ0n) is 27.8. The van der Waals surface area contributed by atoms with Gasteiger partial charge in [0.25, 0.3) is 5.92 Å². The molecule has 6 rings (SSSR count). The molecule has 3 atom stereocenters. The molecule has 5 aromatic rings. The second-order valence-electron chi connectivity index (χ2n) is 13.4. The quantitative estimate of drug-likeness (QED) is 0.143. The van der Waals surface area contributed by atoms with Gasteiger partial charge in [-0.05, 0) is 67.0 Å². The lowest BCUT2D eigenvalue weighted by Crippen LogP contribution is -2.35. The van der Waals surface area contributed by atoms with Crippen LogP contribution in [0.4, 0.5) is 36.6 Å². The number of hydrogen-bond acceptors (Lipinski definition) is 6. The summed E-state index contributed by atoms with van der Waals surface area (Å²) < 4.78 is 102. The number of alkyl halides is 5. The first-order chi connectivity index (χ1) is 23.8. The van der Waals surface area contributed by atoms with Gasteiger partial charge in [-0.3, -0.25) is 14.5 Å². The Morgan fingerprint density at radius 3 is 2.35 bits per heavy atom. The number of aromatic nitrogens is 4. The van der Waals surface area contributed by atoms with E-state index in [9.17, 15) is 31.9 Å². The number of benzene rings is 2. The predicted molar refractivity (Wildman–Crippen MR) is 174 cm³/mol. The molecule has 15 heteroatoms. The van der Waals surface area contributed by atoms with E-state index < -0.39 is 76.6 Å². The third-order valence-electron chi connectivity index (χ3n) is 9.35. The van der Waals surface area contributed by atoms with Crippen LogP contribution in [0.25, 0.3) is 21.9 Å². The van der Waals surface area contributed by atoms with E-state index in [2.05, 4.69) is 15.4 Å². The fourth-order valence-electron chi connectivity index (χ4n) is 6.69. The van der Waals surface area contributed by atoms with Crippen LogP contribution in [0.2, 0.25) is 0 Å². The van der Waals surface area contributed by atoms with E-state index in [0.29, 0.717) is 32.6 Å². The van der Waals surface area contributed by atoms with Crippen molar-refractivity contribution >= 4 is 22.5 Å². The maximum atomic E-state index is 15.5. The molecule has 1 aliphatic carbocycles. The van der Waals surface area contributed by atoms with Gasteiger partial charge >= 0.3 is 6.18 Å². The Balaban J connectivity index is 1.50. The minimum absolute atomic E-state index is 0.0686. The zero-order chi connectivity index (χ0) is 37.2. The Kier molecular flexibility index (Phi) is 8.85. The molecule has 4 N–H and O–H groups in total. The number of nitrogens with zero attached hydrogens (tertiary/aromatic N) is 4. The van der Waals surface area contributed by atoms with Crippen LogP contribution >= 0.6 is 0 Å². The van der Waals surface area contributed by atoms with E-state index >= 15 is 8.78 Å². The minimum Gasteiger partial charge on any atom is -0.384 e. The first-order valence-corrected chi connectivity index (χ1v) is 15.9. The molecular formula is C36H33F7N6O2. The average molecular weight is 715 g/mol. The lowest BCUT2D eigenvalue weighted by Gasteiger charge is -2.26. The highest BCUT2D eigenvalue weighted by Crippen LogP contribution is 2.55. The van der Waals surface area contributed by atoms with E-state index in [1.165, 1.54) is 27.0 Å². The van der Waals surface area contributed by atoms with Gasteiger partial charge in [-0.15, -0.1) is 0 Å². The number of hydrogen-bond donors (Lipinski definition) is 3. The summed E-state index contributed by atoms with van der Waals surface area (Å²) in [7, 11) is 0. The third-order valence-corrected chi connectivity index (χ3v) is 9.35. The molecule has 3 aromatic heterocycles. The molecule has 268 valence electrons. The number of carbonyl (C=O) groups excluding carboxylic acids is 1. The first kappa shape index (κ1) is 35.8. The molecule has 1 amide bonds. The number of halogens is 7. The molecule has 0 saturated heterocycles. The second kappa shape index (κ2) is 12.6. The van der Waals surface area contributed by atoms with Crippen LogP contribution in [0.5, 0.6) is 0 Å². The number of nitrogens with one attached hydrogen (secondary N) is 1.